The zero-order valence-electron chi connectivity index (χ0n) is 17.7. The molecule has 0 spiro atoms. The van der Waals surface area contributed by atoms with Crippen LogP contribution in [-0.4, -0.2) is 38.1 Å². The van der Waals surface area contributed by atoms with E-state index in [9.17, 15) is 31.1 Å². The Morgan fingerprint density at radius 3 is 2.24 bits per heavy atom. The Kier molecular flexibility index (Phi) is 7.01. The Morgan fingerprint density at radius 2 is 1.73 bits per heavy atom. The van der Waals surface area contributed by atoms with Crippen LogP contribution in [0.4, 0.5) is 43.5 Å². The van der Waals surface area contributed by atoms with Crippen molar-refractivity contribution >= 4 is 34.7 Å². The molecule has 0 unspecified atom stereocenters. The number of piperidine rings is 1. The van der Waals surface area contributed by atoms with E-state index in [2.05, 4.69) is 10.3 Å². The van der Waals surface area contributed by atoms with E-state index in [1.165, 1.54) is 17.0 Å². The quantitative estimate of drug-likeness (QED) is 0.554. The van der Waals surface area contributed by atoms with Gasteiger partial charge < -0.3 is 15.1 Å². The molecule has 1 N–H and O–H groups in total. The third-order valence-electron chi connectivity index (χ3n) is 5.40. The van der Waals surface area contributed by atoms with Crippen LogP contribution in [0.1, 0.15) is 24.0 Å². The van der Waals surface area contributed by atoms with Crippen LogP contribution in [-0.2, 0) is 17.1 Å². The van der Waals surface area contributed by atoms with Gasteiger partial charge in [-0.1, -0.05) is 11.6 Å². The van der Waals surface area contributed by atoms with Gasteiger partial charge in [-0.25, -0.2) is 4.98 Å². The zero-order valence-corrected chi connectivity index (χ0v) is 18.4. The van der Waals surface area contributed by atoms with E-state index >= 15 is 0 Å². The molecule has 0 saturated carbocycles. The van der Waals surface area contributed by atoms with Crippen LogP contribution in [0.15, 0.2) is 30.5 Å². The van der Waals surface area contributed by atoms with Crippen molar-refractivity contribution in [2.45, 2.75) is 25.2 Å². The van der Waals surface area contributed by atoms with Gasteiger partial charge in [-0.3, -0.25) is 4.79 Å². The van der Waals surface area contributed by atoms with Crippen molar-refractivity contribution in [3.63, 3.8) is 0 Å². The summed E-state index contributed by atoms with van der Waals surface area (Å²) in [4.78, 5) is 19.6. The summed E-state index contributed by atoms with van der Waals surface area (Å²) >= 11 is 5.98. The molecule has 1 amide bonds. The fourth-order valence-corrected chi connectivity index (χ4v) is 3.85. The van der Waals surface area contributed by atoms with Crippen LogP contribution in [0, 0.1) is 5.92 Å². The van der Waals surface area contributed by atoms with Gasteiger partial charge in [-0.2, -0.15) is 26.3 Å². The maximum atomic E-state index is 13.5. The maximum absolute atomic E-state index is 13.5. The first-order valence-electron chi connectivity index (χ1n) is 9.94. The molecule has 0 bridgehead atoms. The monoisotopic (exact) mass is 494 g/mol. The van der Waals surface area contributed by atoms with Crippen molar-refractivity contribution in [3.05, 3.63) is 46.6 Å². The van der Waals surface area contributed by atoms with Crippen LogP contribution < -0.4 is 15.1 Å². The number of nitrogens with zero attached hydrogens (tertiary/aromatic N) is 3. The van der Waals surface area contributed by atoms with Crippen molar-refractivity contribution in [2.24, 2.45) is 5.92 Å². The Morgan fingerprint density at radius 1 is 1.09 bits per heavy atom. The van der Waals surface area contributed by atoms with Crippen LogP contribution in [0.25, 0.3) is 0 Å². The molecule has 1 aliphatic heterocycles. The minimum absolute atomic E-state index is 0.163. The number of carbonyl (C=O) groups excluding carboxylic acids is 1. The third-order valence-corrected chi connectivity index (χ3v) is 5.68. The number of benzene rings is 1. The molecule has 0 atom stereocenters. The summed E-state index contributed by atoms with van der Waals surface area (Å²) in [5, 5.41) is 2.22. The van der Waals surface area contributed by atoms with Gasteiger partial charge >= 0.3 is 12.4 Å². The Balaban J connectivity index is 1.68. The molecular weight excluding hydrogens is 474 g/mol. The van der Waals surface area contributed by atoms with Crippen molar-refractivity contribution in [3.8, 4) is 0 Å². The molecule has 33 heavy (non-hydrogen) atoms. The highest BCUT2D eigenvalue weighted by Gasteiger charge is 2.36. The lowest BCUT2D eigenvalue weighted by molar-refractivity contribution is -0.138. The second-order valence-electron chi connectivity index (χ2n) is 7.90. The number of pyridine rings is 1. The van der Waals surface area contributed by atoms with Gasteiger partial charge in [-0.15, -0.1) is 0 Å². The molecule has 2 heterocycles. The van der Waals surface area contributed by atoms with Crippen LogP contribution in [0.2, 0.25) is 5.02 Å². The predicted octanol–water partition coefficient (Wildman–Crippen LogP) is 5.69. The highest BCUT2D eigenvalue weighted by Crippen LogP contribution is 2.38. The van der Waals surface area contributed by atoms with Crippen molar-refractivity contribution in [2.75, 3.05) is 42.3 Å². The summed E-state index contributed by atoms with van der Waals surface area (Å²) in [7, 11) is 3.22. The van der Waals surface area contributed by atoms with Gasteiger partial charge in [0.1, 0.15) is 5.82 Å². The molecule has 1 aromatic heterocycles. The molecule has 2 aromatic rings. The molecule has 1 aliphatic rings. The smallest absolute Gasteiger partial charge is 0.378 e. The molecular formula is C21H21ClF6N4O. The minimum Gasteiger partial charge on any atom is -0.378 e. The summed E-state index contributed by atoms with van der Waals surface area (Å²) in [5.74, 6) is -0.949. The summed E-state index contributed by atoms with van der Waals surface area (Å²) in [6, 6.07) is 4.46. The van der Waals surface area contributed by atoms with Gasteiger partial charge in [0.05, 0.1) is 21.8 Å². The number of hydrogen-bond donors (Lipinski definition) is 1. The van der Waals surface area contributed by atoms with E-state index in [0.29, 0.717) is 11.9 Å². The standard InChI is InChI=1S/C21H21ClF6N4O/c1-31(2)14-3-4-17(15(10-14)21(26,27)28)30-19(33)12-5-7-32(8-6-12)18-16(22)9-13(11-29-18)20(23,24)25/h3-4,9-12H,5-8H2,1-2H3,(H,30,33). The van der Waals surface area contributed by atoms with E-state index in [-0.39, 0.29) is 42.5 Å². The summed E-state index contributed by atoms with van der Waals surface area (Å²) in [5.41, 5.74) is -1.89. The van der Waals surface area contributed by atoms with Gasteiger partial charge in [-0.05, 0) is 37.1 Å². The lowest BCUT2D eigenvalue weighted by atomic mass is 9.95. The van der Waals surface area contributed by atoms with Gasteiger partial charge in [0.2, 0.25) is 5.91 Å². The Labute approximate surface area is 191 Å². The highest BCUT2D eigenvalue weighted by molar-refractivity contribution is 6.33. The molecule has 3 rings (SSSR count). The molecule has 0 aliphatic carbocycles. The number of alkyl halides is 6. The number of nitrogens with one attached hydrogen (secondary N) is 1. The second-order valence-corrected chi connectivity index (χ2v) is 8.31. The number of carbonyl (C=O) groups is 1. The average Bonchev–Trinajstić information content (AvgIpc) is 2.72. The molecule has 12 heteroatoms. The second kappa shape index (κ2) is 9.28. The maximum Gasteiger partial charge on any atom is 0.418 e. The lowest BCUT2D eigenvalue weighted by Gasteiger charge is -2.33. The van der Waals surface area contributed by atoms with E-state index in [1.807, 2.05) is 0 Å². The fourth-order valence-electron chi connectivity index (χ4n) is 3.56. The van der Waals surface area contributed by atoms with Crippen molar-refractivity contribution in [1.82, 2.24) is 4.98 Å². The van der Waals surface area contributed by atoms with Crippen molar-refractivity contribution < 1.29 is 31.1 Å². The average molecular weight is 495 g/mol. The summed E-state index contributed by atoms with van der Waals surface area (Å²) < 4.78 is 78.9. The zero-order chi connectivity index (χ0) is 24.6. The Hall–Kier alpha value is -2.69. The molecule has 0 radical (unpaired) electrons. The molecule has 1 aromatic carbocycles. The lowest BCUT2D eigenvalue weighted by Crippen LogP contribution is -2.39. The highest BCUT2D eigenvalue weighted by atomic mass is 35.5. The largest absolute Gasteiger partial charge is 0.418 e. The first-order valence-corrected chi connectivity index (χ1v) is 10.3. The van der Waals surface area contributed by atoms with E-state index in [0.717, 1.165) is 12.1 Å². The molecule has 1 saturated heterocycles. The number of anilines is 3. The van der Waals surface area contributed by atoms with Gasteiger partial charge in [0.25, 0.3) is 0 Å². The summed E-state index contributed by atoms with van der Waals surface area (Å²) in [6.45, 7) is 0.531. The van der Waals surface area contributed by atoms with Crippen LogP contribution in [0.3, 0.4) is 0 Å². The normalized spacial score (nSPS) is 15.5. The van der Waals surface area contributed by atoms with Crippen LogP contribution >= 0.6 is 11.6 Å². The fraction of sp³-hybridized carbons (Fsp3) is 0.429. The minimum atomic E-state index is -4.65. The predicted molar refractivity (Wildman–Crippen MR) is 114 cm³/mol. The van der Waals surface area contributed by atoms with Gasteiger partial charge in [0.15, 0.2) is 0 Å². The van der Waals surface area contributed by atoms with Crippen LogP contribution in [0.5, 0.6) is 0 Å². The molecule has 1 fully saturated rings. The van der Waals surface area contributed by atoms with E-state index in [4.69, 9.17) is 11.6 Å². The SMILES string of the molecule is CN(C)c1ccc(NC(=O)C2CCN(c3ncc(C(F)(F)F)cc3Cl)CC2)c(C(F)(F)F)c1. The van der Waals surface area contributed by atoms with E-state index < -0.39 is 35.3 Å². The third kappa shape index (κ3) is 5.82. The topological polar surface area (TPSA) is 48.5 Å². The number of aromatic nitrogens is 1. The number of halogens is 7. The molecule has 5 nitrogen and oxygen atoms in total. The molecule has 180 valence electrons. The first kappa shape index (κ1) is 24.9. The van der Waals surface area contributed by atoms with Crippen molar-refractivity contribution in [1.29, 1.82) is 0 Å². The summed E-state index contributed by atoms with van der Waals surface area (Å²) in [6.07, 6.45) is -7.97. The number of rotatable bonds is 4. The first-order chi connectivity index (χ1) is 15.3. The van der Waals surface area contributed by atoms with Gasteiger partial charge in [0, 0.05) is 45.0 Å². The number of amides is 1. The Bertz CT molecular complexity index is 1020. The van der Waals surface area contributed by atoms with E-state index in [1.54, 1.807) is 19.0 Å². The number of hydrogen-bond acceptors (Lipinski definition) is 4.